The van der Waals surface area contributed by atoms with Crippen molar-refractivity contribution < 1.29 is 9.53 Å². The van der Waals surface area contributed by atoms with E-state index in [0.29, 0.717) is 11.6 Å². The van der Waals surface area contributed by atoms with Crippen LogP contribution in [0.25, 0.3) is 11.3 Å². The Morgan fingerprint density at radius 2 is 1.87 bits per heavy atom. The Labute approximate surface area is 139 Å². The molecule has 6 nitrogen and oxygen atoms in total. The Bertz CT molecular complexity index is 642. The van der Waals surface area contributed by atoms with Gasteiger partial charge in [0.1, 0.15) is 0 Å². The van der Waals surface area contributed by atoms with E-state index in [1.165, 1.54) is 0 Å². The minimum absolute atomic E-state index is 0.361. The van der Waals surface area contributed by atoms with Crippen molar-refractivity contribution in [1.82, 2.24) is 20.4 Å². The fourth-order valence-electron chi connectivity index (χ4n) is 2.63. The molecule has 23 heavy (non-hydrogen) atoms. The summed E-state index contributed by atoms with van der Waals surface area (Å²) in [6.45, 7) is 3.95. The van der Waals surface area contributed by atoms with Gasteiger partial charge < -0.3 is 10.1 Å². The number of hydrogen-bond acceptors (Lipinski definition) is 6. The maximum Gasteiger partial charge on any atom is 0.294 e. The highest BCUT2D eigenvalue weighted by Gasteiger charge is 2.23. The molecule has 3 rings (SSSR count). The first-order valence-electron chi connectivity index (χ1n) is 7.41. The Kier molecular flexibility index (Phi) is 5.17. The van der Waals surface area contributed by atoms with Crippen LogP contribution < -0.4 is 5.32 Å². The monoisotopic (exact) mass is 332 g/mol. The van der Waals surface area contributed by atoms with Gasteiger partial charge in [0.05, 0.1) is 5.69 Å². The van der Waals surface area contributed by atoms with Crippen LogP contribution in [-0.2, 0) is 9.53 Å². The molecule has 0 radical (unpaired) electrons. The Balaban J connectivity index is 1.80. The lowest BCUT2D eigenvalue weighted by Crippen LogP contribution is -2.45. The average molecular weight is 333 g/mol. The summed E-state index contributed by atoms with van der Waals surface area (Å²) in [5.41, 5.74) is 2.61. The summed E-state index contributed by atoms with van der Waals surface area (Å²) in [6.07, 6.45) is -0.361. The second-order valence-corrected chi connectivity index (χ2v) is 5.62. The van der Waals surface area contributed by atoms with Crippen LogP contribution in [0.4, 0.5) is 0 Å². The van der Waals surface area contributed by atoms with Crippen molar-refractivity contribution in [2.45, 2.75) is 6.23 Å². The van der Waals surface area contributed by atoms with Crippen LogP contribution >= 0.6 is 11.6 Å². The lowest BCUT2D eigenvalue weighted by atomic mass is 10.1. The van der Waals surface area contributed by atoms with Crippen LogP contribution in [0.2, 0.25) is 5.15 Å². The van der Waals surface area contributed by atoms with E-state index in [2.05, 4.69) is 20.4 Å². The third kappa shape index (κ3) is 3.85. The molecule has 1 unspecified atom stereocenters. The number of halogens is 1. The molecule has 1 aromatic heterocycles. The van der Waals surface area contributed by atoms with Gasteiger partial charge in [-0.1, -0.05) is 35.9 Å². The molecular weight excluding hydrogens is 316 g/mol. The average Bonchev–Trinajstić information content (AvgIpc) is 2.61. The summed E-state index contributed by atoms with van der Waals surface area (Å²) in [5.74, 6) is 0. The maximum atomic E-state index is 10.9. The summed E-state index contributed by atoms with van der Waals surface area (Å²) in [7, 11) is 0. The number of piperazine rings is 1. The second kappa shape index (κ2) is 7.50. The van der Waals surface area contributed by atoms with Crippen molar-refractivity contribution in [3.63, 3.8) is 0 Å². The molecule has 1 saturated heterocycles. The first kappa shape index (κ1) is 15.9. The molecule has 0 amide bonds. The van der Waals surface area contributed by atoms with E-state index in [9.17, 15) is 4.79 Å². The summed E-state index contributed by atoms with van der Waals surface area (Å²) in [5, 5.41) is 11.6. The van der Waals surface area contributed by atoms with Gasteiger partial charge >= 0.3 is 0 Å². The van der Waals surface area contributed by atoms with Gasteiger partial charge in [0, 0.05) is 37.3 Å². The number of aromatic nitrogens is 2. The Morgan fingerprint density at radius 1 is 1.13 bits per heavy atom. The van der Waals surface area contributed by atoms with Gasteiger partial charge in [-0.25, -0.2) is 0 Å². The minimum Gasteiger partial charge on any atom is -0.444 e. The zero-order valence-corrected chi connectivity index (χ0v) is 13.2. The topological polar surface area (TPSA) is 67.3 Å². The van der Waals surface area contributed by atoms with Crippen molar-refractivity contribution in [3.05, 3.63) is 47.1 Å². The first-order valence-corrected chi connectivity index (χ1v) is 7.79. The van der Waals surface area contributed by atoms with Crippen LogP contribution in [-0.4, -0.2) is 47.7 Å². The lowest BCUT2D eigenvalue weighted by molar-refractivity contribution is -0.145. The second-order valence-electron chi connectivity index (χ2n) is 5.23. The van der Waals surface area contributed by atoms with Gasteiger partial charge in [0.15, 0.2) is 11.4 Å². The van der Waals surface area contributed by atoms with E-state index in [4.69, 9.17) is 16.3 Å². The highest BCUT2D eigenvalue weighted by molar-refractivity contribution is 6.29. The van der Waals surface area contributed by atoms with E-state index in [-0.39, 0.29) is 6.23 Å². The quantitative estimate of drug-likeness (QED) is 0.843. The van der Waals surface area contributed by atoms with Crippen molar-refractivity contribution in [3.8, 4) is 11.3 Å². The molecule has 2 heterocycles. The van der Waals surface area contributed by atoms with Gasteiger partial charge in [-0.3, -0.25) is 9.69 Å². The van der Waals surface area contributed by atoms with Gasteiger partial charge in [0.25, 0.3) is 6.47 Å². The molecule has 1 aliphatic rings. The van der Waals surface area contributed by atoms with E-state index in [1.807, 2.05) is 30.3 Å². The van der Waals surface area contributed by atoms with Crippen molar-refractivity contribution in [2.24, 2.45) is 0 Å². The molecule has 1 aromatic carbocycles. The zero-order valence-electron chi connectivity index (χ0n) is 12.5. The third-order valence-electron chi connectivity index (χ3n) is 3.79. The summed E-state index contributed by atoms with van der Waals surface area (Å²) in [4.78, 5) is 13.0. The van der Waals surface area contributed by atoms with E-state index in [1.54, 1.807) is 6.07 Å². The standard InChI is InChI=1S/C16H17ClN4O2/c17-15-6-5-14(19-20-15)12-1-3-13(4-2-12)16(23-11-22)21-9-7-18-8-10-21/h1-6,11,16,18H,7-10H2. The lowest BCUT2D eigenvalue weighted by Gasteiger charge is -2.33. The Hall–Kier alpha value is -2.02. The van der Waals surface area contributed by atoms with Crippen LogP contribution in [0.15, 0.2) is 36.4 Å². The number of rotatable bonds is 5. The van der Waals surface area contributed by atoms with Crippen LogP contribution in [0, 0.1) is 0 Å². The predicted molar refractivity (Wildman–Crippen MR) is 86.8 cm³/mol. The number of carbonyl (C=O) groups is 1. The van der Waals surface area contributed by atoms with Crippen LogP contribution in [0.5, 0.6) is 0 Å². The van der Waals surface area contributed by atoms with E-state index >= 15 is 0 Å². The SMILES string of the molecule is O=COC(c1ccc(-c2ccc(Cl)nn2)cc1)N1CCNCC1. The highest BCUT2D eigenvalue weighted by Crippen LogP contribution is 2.25. The molecule has 7 heteroatoms. The van der Waals surface area contributed by atoms with Gasteiger partial charge in [0.2, 0.25) is 0 Å². The smallest absolute Gasteiger partial charge is 0.294 e. The molecule has 2 aromatic rings. The fraction of sp³-hybridized carbons (Fsp3) is 0.312. The number of benzene rings is 1. The number of hydrogen-bond donors (Lipinski definition) is 1. The van der Waals surface area contributed by atoms with Crippen LogP contribution in [0.1, 0.15) is 11.8 Å². The van der Waals surface area contributed by atoms with Crippen molar-refractivity contribution in [2.75, 3.05) is 26.2 Å². The third-order valence-corrected chi connectivity index (χ3v) is 3.99. The highest BCUT2D eigenvalue weighted by atomic mass is 35.5. The molecule has 0 saturated carbocycles. The number of carbonyl (C=O) groups excluding carboxylic acids is 1. The molecule has 1 atom stereocenters. The van der Waals surface area contributed by atoms with Gasteiger partial charge in [-0.15, -0.1) is 10.2 Å². The van der Waals surface area contributed by atoms with Gasteiger partial charge in [-0.2, -0.15) is 0 Å². The minimum atomic E-state index is -0.361. The molecule has 120 valence electrons. The van der Waals surface area contributed by atoms with E-state index < -0.39 is 0 Å². The predicted octanol–water partition coefficient (Wildman–Crippen LogP) is 1.87. The largest absolute Gasteiger partial charge is 0.444 e. The maximum absolute atomic E-state index is 10.9. The summed E-state index contributed by atoms with van der Waals surface area (Å²) in [6, 6.07) is 11.3. The van der Waals surface area contributed by atoms with Crippen molar-refractivity contribution >= 4 is 18.1 Å². The fourth-order valence-corrected chi connectivity index (χ4v) is 2.73. The number of nitrogens with zero attached hydrogens (tertiary/aromatic N) is 3. The molecule has 0 bridgehead atoms. The summed E-state index contributed by atoms with van der Waals surface area (Å²) >= 11 is 5.75. The summed E-state index contributed by atoms with van der Waals surface area (Å²) < 4.78 is 5.30. The van der Waals surface area contributed by atoms with E-state index in [0.717, 1.165) is 43.0 Å². The first-order chi connectivity index (χ1) is 11.3. The molecular formula is C16H17ClN4O2. The normalized spacial score (nSPS) is 16.7. The molecule has 1 N–H and O–H groups in total. The molecule has 1 aliphatic heterocycles. The molecule has 0 spiro atoms. The van der Waals surface area contributed by atoms with Crippen LogP contribution in [0.3, 0.4) is 0 Å². The number of ether oxygens (including phenoxy) is 1. The molecule has 0 aliphatic carbocycles. The molecule has 1 fully saturated rings. The van der Waals surface area contributed by atoms with Gasteiger partial charge in [-0.05, 0) is 12.1 Å². The van der Waals surface area contributed by atoms with Crippen molar-refractivity contribution in [1.29, 1.82) is 0 Å². The zero-order chi connectivity index (χ0) is 16.1. The number of nitrogens with one attached hydrogen (secondary N) is 1. The Morgan fingerprint density at radius 3 is 2.48 bits per heavy atom.